The number of fused-ring (bicyclic) bond motifs is 1. The molecule has 1 saturated heterocycles. The summed E-state index contributed by atoms with van der Waals surface area (Å²) in [7, 11) is 2.04. The lowest BCUT2D eigenvalue weighted by Gasteiger charge is -2.34. The third kappa shape index (κ3) is 2.85. The van der Waals surface area contributed by atoms with Crippen molar-refractivity contribution in [1.29, 1.82) is 0 Å². The lowest BCUT2D eigenvalue weighted by molar-refractivity contribution is -0.137. The summed E-state index contributed by atoms with van der Waals surface area (Å²) in [6.07, 6.45) is 0.215. The Morgan fingerprint density at radius 2 is 1.95 bits per heavy atom. The van der Waals surface area contributed by atoms with Gasteiger partial charge in [0.1, 0.15) is 0 Å². The fourth-order valence-corrected chi connectivity index (χ4v) is 2.84. The second-order valence-electron chi connectivity index (χ2n) is 5.43. The molecule has 2 aromatic rings. The molecule has 21 heavy (non-hydrogen) atoms. The molecular formula is C15H20N4O2. The van der Waals surface area contributed by atoms with Crippen LogP contribution in [0.3, 0.4) is 0 Å². The number of nitrogens with zero attached hydrogens (tertiary/aromatic N) is 4. The standard InChI is InChI=1S/C15H20N4O2/c1-17-13-5-3-2-4-12(13)16-15(17)19-10-8-18(9-11-19)7-6-14(20)21/h2-5H,6-11H2,1H3,(H,20,21). The molecule has 1 aliphatic rings. The number of anilines is 1. The van der Waals surface area contributed by atoms with Gasteiger partial charge in [0.2, 0.25) is 5.95 Å². The predicted octanol–water partition coefficient (Wildman–Crippen LogP) is 1.17. The maximum absolute atomic E-state index is 10.6. The molecule has 112 valence electrons. The molecule has 6 heteroatoms. The smallest absolute Gasteiger partial charge is 0.304 e. The summed E-state index contributed by atoms with van der Waals surface area (Å²) in [6.45, 7) is 4.17. The minimum atomic E-state index is -0.729. The maximum atomic E-state index is 10.6. The number of hydrogen-bond acceptors (Lipinski definition) is 4. The summed E-state index contributed by atoms with van der Waals surface area (Å²) in [5, 5.41) is 8.74. The monoisotopic (exact) mass is 288 g/mol. The Morgan fingerprint density at radius 3 is 2.62 bits per heavy atom. The minimum Gasteiger partial charge on any atom is -0.481 e. The van der Waals surface area contributed by atoms with Crippen LogP contribution in [0.4, 0.5) is 5.95 Å². The van der Waals surface area contributed by atoms with E-state index in [1.54, 1.807) is 0 Å². The van der Waals surface area contributed by atoms with E-state index in [0.717, 1.165) is 43.2 Å². The molecule has 0 spiro atoms. The number of imidazole rings is 1. The molecule has 1 N–H and O–H groups in total. The van der Waals surface area contributed by atoms with Crippen LogP contribution in [0, 0.1) is 0 Å². The van der Waals surface area contributed by atoms with Gasteiger partial charge in [-0.3, -0.25) is 9.69 Å². The van der Waals surface area contributed by atoms with E-state index in [-0.39, 0.29) is 6.42 Å². The average Bonchev–Trinajstić information content (AvgIpc) is 2.83. The van der Waals surface area contributed by atoms with Gasteiger partial charge in [-0.05, 0) is 12.1 Å². The zero-order chi connectivity index (χ0) is 14.8. The highest BCUT2D eigenvalue weighted by atomic mass is 16.4. The second kappa shape index (κ2) is 5.73. The fraction of sp³-hybridized carbons (Fsp3) is 0.467. The molecule has 0 amide bonds. The van der Waals surface area contributed by atoms with Crippen LogP contribution in [0.1, 0.15) is 6.42 Å². The summed E-state index contributed by atoms with van der Waals surface area (Å²) in [5.74, 6) is 0.266. The third-order valence-electron chi connectivity index (χ3n) is 4.06. The summed E-state index contributed by atoms with van der Waals surface area (Å²) < 4.78 is 2.13. The lowest BCUT2D eigenvalue weighted by Crippen LogP contribution is -2.47. The number of carbonyl (C=O) groups is 1. The van der Waals surface area contributed by atoms with Crippen molar-refractivity contribution in [2.45, 2.75) is 6.42 Å². The quantitative estimate of drug-likeness (QED) is 0.915. The molecule has 1 aromatic heterocycles. The first kappa shape index (κ1) is 13.9. The van der Waals surface area contributed by atoms with Gasteiger partial charge >= 0.3 is 5.97 Å². The first-order valence-corrected chi connectivity index (χ1v) is 7.26. The number of piperazine rings is 1. The largest absolute Gasteiger partial charge is 0.481 e. The molecule has 0 bridgehead atoms. The number of aromatic nitrogens is 2. The van der Waals surface area contributed by atoms with Crippen LogP contribution in [-0.2, 0) is 11.8 Å². The van der Waals surface area contributed by atoms with E-state index in [2.05, 4.69) is 20.4 Å². The number of para-hydroxylation sites is 2. The van der Waals surface area contributed by atoms with Crippen molar-refractivity contribution in [2.24, 2.45) is 7.05 Å². The van der Waals surface area contributed by atoms with E-state index < -0.39 is 5.97 Å². The molecule has 0 unspecified atom stereocenters. The zero-order valence-electron chi connectivity index (χ0n) is 12.2. The van der Waals surface area contributed by atoms with Crippen LogP contribution in [-0.4, -0.2) is 58.3 Å². The van der Waals surface area contributed by atoms with Crippen molar-refractivity contribution < 1.29 is 9.90 Å². The van der Waals surface area contributed by atoms with Crippen LogP contribution in [0.5, 0.6) is 0 Å². The van der Waals surface area contributed by atoms with Crippen LogP contribution in [0.15, 0.2) is 24.3 Å². The lowest BCUT2D eigenvalue weighted by atomic mass is 10.3. The van der Waals surface area contributed by atoms with Crippen LogP contribution < -0.4 is 4.90 Å². The molecule has 0 aliphatic carbocycles. The maximum Gasteiger partial charge on any atom is 0.304 e. The molecule has 2 heterocycles. The number of hydrogen-bond donors (Lipinski definition) is 1. The van der Waals surface area contributed by atoms with Crippen LogP contribution in [0.2, 0.25) is 0 Å². The van der Waals surface area contributed by atoms with Crippen molar-refractivity contribution in [3.8, 4) is 0 Å². The summed E-state index contributed by atoms with van der Waals surface area (Å²) in [4.78, 5) is 19.8. The van der Waals surface area contributed by atoms with Gasteiger partial charge in [0, 0.05) is 39.8 Å². The molecule has 1 aromatic carbocycles. The normalized spacial score (nSPS) is 16.5. The molecule has 1 fully saturated rings. The zero-order valence-corrected chi connectivity index (χ0v) is 12.2. The minimum absolute atomic E-state index is 0.215. The fourth-order valence-electron chi connectivity index (χ4n) is 2.84. The second-order valence-corrected chi connectivity index (χ2v) is 5.43. The van der Waals surface area contributed by atoms with Gasteiger partial charge in [-0.25, -0.2) is 4.98 Å². The van der Waals surface area contributed by atoms with E-state index in [1.165, 1.54) is 0 Å². The highest BCUT2D eigenvalue weighted by molar-refractivity contribution is 5.78. The Morgan fingerprint density at radius 1 is 1.24 bits per heavy atom. The van der Waals surface area contributed by atoms with Gasteiger partial charge in [-0.15, -0.1) is 0 Å². The number of aliphatic carboxylic acids is 1. The Labute approximate surface area is 123 Å². The average molecular weight is 288 g/mol. The molecule has 3 rings (SSSR count). The molecule has 1 aliphatic heterocycles. The highest BCUT2D eigenvalue weighted by Gasteiger charge is 2.21. The van der Waals surface area contributed by atoms with Crippen molar-refractivity contribution in [3.05, 3.63) is 24.3 Å². The van der Waals surface area contributed by atoms with Crippen molar-refractivity contribution in [2.75, 3.05) is 37.6 Å². The number of carboxylic acids is 1. The number of carboxylic acid groups (broad SMARTS) is 1. The molecule has 0 radical (unpaired) electrons. The van der Waals surface area contributed by atoms with E-state index in [0.29, 0.717) is 6.54 Å². The topological polar surface area (TPSA) is 61.6 Å². The van der Waals surface area contributed by atoms with Crippen molar-refractivity contribution in [1.82, 2.24) is 14.5 Å². The van der Waals surface area contributed by atoms with Gasteiger partial charge in [-0.1, -0.05) is 12.1 Å². The summed E-state index contributed by atoms with van der Waals surface area (Å²) in [5.41, 5.74) is 2.16. The first-order chi connectivity index (χ1) is 10.1. The summed E-state index contributed by atoms with van der Waals surface area (Å²) >= 11 is 0. The molecular weight excluding hydrogens is 268 g/mol. The molecule has 0 saturated carbocycles. The number of benzene rings is 1. The number of aryl methyl sites for hydroxylation is 1. The molecule has 0 atom stereocenters. The van der Waals surface area contributed by atoms with Gasteiger partial charge in [-0.2, -0.15) is 0 Å². The van der Waals surface area contributed by atoms with Crippen LogP contribution >= 0.6 is 0 Å². The molecule has 6 nitrogen and oxygen atoms in total. The summed E-state index contributed by atoms with van der Waals surface area (Å²) in [6, 6.07) is 8.14. The Bertz CT molecular complexity index is 644. The van der Waals surface area contributed by atoms with Gasteiger partial charge in [0.15, 0.2) is 0 Å². The van der Waals surface area contributed by atoms with Gasteiger partial charge in [0.25, 0.3) is 0 Å². The Kier molecular flexibility index (Phi) is 3.79. The van der Waals surface area contributed by atoms with Crippen molar-refractivity contribution >= 4 is 23.0 Å². The van der Waals surface area contributed by atoms with E-state index in [9.17, 15) is 4.79 Å². The SMILES string of the molecule is Cn1c(N2CCN(CCC(=O)O)CC2)nc2ccccc21. The van der Waals surface area contributed by atoms with Gasteiger partial charge < -0.3 is 14.6 Å². The Hall–Kier alpha value is -2.08. The highest BCUT2D eigenvalue weighted by Crippen LogP contribution is 2.21. The van der Waals surface area contributed by atoms with Crippen LogP contribution in [0.25, 0.3) is 11.0 Å². The predicted molar refractivity (Wildman–Crippen MR) is 81.6 cm³/mol. The van der Waals surface area contributed by atoms with E-state index in [4.69, 9.17) is 10.1 Å². The van der Waals surface area contributed by atoms with Gasteiger partial charge in [0.05, 0.1) is 17.5 Å². The Balaban J connectivity index is 1.68. The first-order valence-electron chi connectivity index (χ1n) is 7.26. The van der Waals surface area contributed by atoms with E-state index >= 15 is 0 Å². The van der Waals surface area contributed by atoms with Crippen molar-refractivity contribution in [3.63, 3.8) is 0 Å². The van der Waals surface area contributed by atoms with E-state index in [1.807, 2.05) is 25.2 Å². The third-order valence-corrected chi connectivity index (χ3v) is 4.06. The number of rotatable bonds is 4.